The van der Waals surface area contributed by atoms with E-state index in [9.17, 15) is 0 Å². The Labute approximate surface area is 77.7 Å². The van der Waals surface area contributed by atoms with Crippen LogP contribution in [0.3, 0.4) is 0 Å². The standard InChI is InChI=1S/C10H13NS/c1-9(11)12-8-7-10-5-3-2-4-6-10/h2-6,11H,7-8H2,1H3. The molecule has 0 spiro atoms. The van der Waals surface area contributed by atoms with Crippen molar-refractivity contribution < 1.29 is 0 Å². The maximum atomic E-state index is 7.22. The van der Waals surface area contributed by atoms with Crippen molar-refractivity contribution in [3.8, 4) is 0 Å². The van der Waals surface area contributed by atoms with Crippen molar-refractivity contribution in [2.45, 2.75) is 13.3 Å². The van der Waals surface area contributed by atoms with Crippen molar-refractivity contribution in [1.29, 1.82) is 5.41 Å². The van der Waals surface area contributed by atoms with Gasteiger partial charge in [0.25, 0.3) is 0 Å². The maximum absolute atomic E-state index is 7.22. The summed E-state index contributed by atoms with van der Waals surface area (Å²) in [5, 5.41) is 7.92. The van der Waals surface area contributed by atoms with Crippen LogP contribution in [-0.2, 0) is 6.42 Å². The lowest BCUT2D eigenvalue weighted by Crippen LogP contribution is -1.90. The minimum Gasteiger partial charge on any atom is -0.299 e. The second-order valence-corrected chi connectivity index (χ2v) is 3.95. The van der Waals surface area contributed by atoms with Gasteiger partial charge in [0, 0.05) is 5.75 Å². The summed E-state index contributed by atoms with van der Waals surface area (Å²) in [5.41, 5.74) is 1.35. The van der Waals surface area contributed by atoms with Crippen LogP contribution < -0.4 is 0 Å². The third kappa shape index (κ3) is 3.58. The highest BCUT2D eigenvalue weighted by molar-refractivity contribution is 8.13. The molecule has 0 atom stereocenters. The molecule has 0 saturated carbocycles. The zero-order chi connectivity index (χ0) is 8.81. The van der Waals surface area contributed by atoms with Crippen LogP contribution in [-0.4, -0.2) is 10.8 Å². The summed E-state index contributed by atoms with van der Waals surface area (Å²) >= 11 is 1.61. The number of benzene rings is 1. The van der Waals surface area contributed by atoms with Gasteiger partial charge in [0.1, 0.15) is 0 Å². The minimum atomic E-state index is 0.700. The molecule has 2 heteroatoms. The molecule has 0 aliphatic heterocycles. The van der Waals surface area contributed by atoms with Crippen LogP contribution in [0.1, 0.15) is 12.5 Å². The Kier molecular flexibility index (Phi) is 3.88. The van der Waals surface area contributed by atoms with Gasteiger partial charge in [-0.15, -0.1) is 11.8 Å². The lowest BCUT2D eigenvalue weighted by Gasteiger charge is -1.99. The Morgan fingerprint density at radius 2 is 2.00 bits per heavy atom. The van der Waals surface area contributed by atoms with E-state index in [1.807, 2.05) is 13.0 Å². The molecule has 0 fully saturated rings. The molecule has 0 unspecified atom stereocenters. The molecule has 0 heterocycles. The van der Waals surface area contributed by atoms with Crippen LogP contribution in [0.2, 0.25) is 0 Å². The largest absolute Gasteiger partial charge is 0.299 e. The van der Waals surface area contributed by atoms with Gasteiger partial charge in [-0.05, 0) is 18.9 Å². The molecule has 1 aromatic carbocycles. The maximum Gasteiger partial charge on any atom is 0.0610 e. The Bertz CT molecular complexity index is 243. The number of hydrogen-bond donors (Lipinski definition) is 1. The molecule has 0 aliphatic rings. The lowest BCUT2D eigenvalue weighted by molar-refractivity contribution is 1.16. The van der Waals surface area contributed by atoms with Gasteiger partial charge in [0.05, 0.1) is 5.04 Å². The number of rotatable bonds is 3. The van der Waals surface area contributed by atoms with Gasteiger partial charge in [-0.25, -0.2) is 0 Å². The van der Waals surface area contributed by atoms with Gasteiger partial charge < -0.3 is 0 Å². The molecule has 0 radical (unpaired) electrons. The Balaban J connectivity index is 2.29. The van der Waals surface area contributed by atoms with Crippen molar-refractivity contribution in [2.24, 2.45) is 0 Å². The fraction of sp³-hybridized carbons (Fsp3) is 0.300. The van der Waals surface area contributed by atoms with Crippen LogP contribution in [0.5, 0.6) is 0 Å². The zero-order valence-electron chi connectivity index (χ0n) is 7.21. The first-order chi connectivity index (χ1) is 5.79. The van der Waals surface area contributed by atoms with Crippen molar-refractivity contribution in [3.63, 3.8) is 0 Å². The van der Waals surface area contributed by atoms with E-state index in [-0.39, 0.29) is 0 Å². The molecule has 0 aliphatic carbocycles. The van der Waals surface area contributed by atoms with Gasteiger partial charge in [-0.2, -0.15) is 0 Å². The Morgan fingerprint density at radius 1 is 1.33 bits per heavy atom. The minimum absolute atomic E-state index is 0.700. The molecule has 0 amide bonds. The highest BCUT2D eigenvalue weighted by Crippen LogP contribution is 2.07. The van der Waals surface area contributed by atoms with Crippen molar-refractivity contribution in [2.75, 3.05) is 5.75 Å². The Morgan fingerprint density at radius 3 is 2.58 bits per heavy atom. The van der Waals surface area contributed by atoms with Crippen LogP contribution in [0.15, 0.2) is 30.3 Å². The molecular weight excluding hydrogens is 166 g/mol. The van der Waals surface area contributed by atoms with Crippen LogP contribution >= 0.6 is 11.8 Å². The Hall–Kier alpha value is -0.760. The van der Waals surface area contributed by atoms with Gasteiger partial charge >= 0.3 is 0 Å². The molecule has 0 aromatic heterocycles. The number of thioether (sulfide) groups is 1. The van der Waals surface area contributed by atoms with E-state index in [2.05, 4.69) is 24.3 Å². The predicted molar refractivity (Wildman–Crippen MR) is 56.0 cm³/mol. The van der Waals surface area contributed by atoms with Gasteiger partial charge in [-0.1, -0.05) is 30.3 Å². The fourth-order valence-electron chi connectivity index (χ4n) is 0.967. The van der Waals surface area contributed by atoms with E-state index in [4.69, 9.17) is 5.41 Å². The van der Waals surface area contributed by atoms with Crippen LogP contribution in [0, 0.1) is 5.41 Å². The molecule has 1 aromatic rings. The predicted octanol–water partition coefficient (Wildman–Crippen LogP) is 2.96. The second-order valence-electron chi connectivity index (χ2n) is 2.64. The van der Waals surface area contributed by atoms with Gasteiger partial charge in [0.2, 0.25) is 0 Å². The molecule has 12 heavy (non-hydrogen) atoms. The molecule has 0 bridgehead atoms. The van der Waals surface area contributed by atoms with E-state index in [0.29, 0.717) is 5.04 Å². The van der Waals surface area contributed by atoms with E-state index in [1.54, 1.807) is 11.8 Å². The second kappa shape index (κ2) is 4.99. The van der Waals surface area contributed by atoms with Crippen molar-refractivity contribution >= 4 is 16.8 Å². The first kappa shape index (κ1) is 9.33. The van der Waals surface area contributed by atoms with Crippen molar-refractivity contribution in [3.05, 3.63) is 35.9 Å². The quantitative estimate of drug-likeness (QED) is 0.559. The molecule has 1 N–H and O–H groups in total. The lowest BCUT2D eigenvalue weighted by atomic mass is 10.2. The fourth-order valence-corrected chi connectivity index (χ4v) is 1.61. The number of hydrogen-bond acceptors (Lipinski definition) is 2. The molecule has 64 valence electrons. The summed E-state index contributed by atoms with van der Waals surface area (Å²) in [7, 11) is 0. The molecule has 1 rings (SSSR count). The molecule has 1 nitrogen and oxygen atoms in total. The van der Waals surface area contributed by atoms with E-state index in [1.165, 1.54) is 5.56 Å². The van der Waals surface area contributed by atoms with Gasteiger partial charge in [-0.3, -0.25) is 5.41 Å². The van der Waals surface area contributed by atoms with Crippen molar-refractivity contribution in [1.82, 2.24) is 0 Å². The number of nitrogens with one attached hydrogen (secondary N) is 1. The first-order valence-electron chi connectivity index (χ1n) is 4.01. The summed E-state index contributed by atoms with van der Waals surface area (Å²) < 4.78 is 0. The average Bonchev–Trinajstić information content (AvgIpc) is 2.05. The monoisotopic (exact) mass is 179 g/mol. The smallest absolute Gasteiger partial charge is 0.0610 e. The SMILES string of the molecule is CC(=N)SCCc1ccccc1. The molecule has 0 saturated heterocycles. The topological polar surface area (TPSA) is 23.9 Å². The molecular formula is C10H13NS. The summed E-state index contributed by atoms with van der Waals surface area (Å²) in [6, 6.07) is 10.4. The van der Waals surface area contributed by atoms with E-state index >= 15 is 0 Å². The van der Waals surface area contributed by atoms with Crippen LogP contribution in [0.4, 0.5) is 0 Å². The summed E-state index contributed by atoms with van der Waals surface area (Å²) in [6.07, 6.45) is 1.06. The van der Waals surface area contributed by atoms with E-state index < -0.39 is 0 Å². The third-order valence-corrected chi connectivity index (χ3v) is 2.39. The summed E-state index contributed by atoms with van der Waals surface area (Å²) in [5.74, 6) is 1.01. The summed E-state index contributed by atoms with van der Waals surface area (Å²) in [6.45, 7) is 1.83. The summed E-state index contributed by atoms with van der Waals surface area (Å²) in [4.78, 5) is 0. The van der Waals surface area contributed by atoms with E-state index in [0.717, 1.165) is 12.2 Å². The highest BCUT2D eigenvalue weighted by Gasteiger charge is 1.92. The number of aryl methyl sites for hydroxylation is 1. The normalized spacial score (nSPS) is 9.75. The average molecular weight is 179 g/mol. The zero-order valence-corrected chi connectivity index (χ0v) is 8.03. The van der Waals surface area contributed by atoms with Crippen LogP contribution in [0.25, 0.3) is 0 Å². The highest BCUT2D eigenvalue weighted by atomic mass is 32.2. The first-order valence-corrected chi connectivity index (χ1v) is 4.99. The third-order valence-electron chi connectivity index (χ3n) is 1.55. The van der Waals surface area contributed by atoms with Gasteiger partial charge in [0.15, 0.2) is 0 Å².